The third-order valence-electron chi connectivity index (χ3n) is 2.57. The molecule has 5 heteroatoms. The number of halogens is 2. The predicted octanol–water partition coefficient (Wildman–Crippen LogP) is 4.07. The summed E-state index contributed by atoms with van der Waals surface area (Å²) in [6.07, 6.45) is 0.980. The number of rotatable bonds is 5. The van der Waals surface area contributed by atoms with Gasteiger partial charge in [0.15, 0.2) is 5.82 Å². The number of nitrogens with one attached hydrogen (secondary N) is 1. The van der Waals surface area contributed by atoms with E-state index in [-0.39, 0.29) is 16.8 Å². The van der Waals surface area contributed by atoms with E-state index in [1.165, 1.54) is 0 Å². The normalized spacial score (nSPS) is 12.6. The first-order valence-electron chi connectivity index (χ1n) is 5.87. The Bertz CT molecular complexity index is 449. The molecule has 0 radical (unpaired) electrons. The lowest BCUT2D eigenvalue weighted by Crippen LogP contribution is -2.19. The fourth-order valence-electron chi connectivity index (χ4n) is 1.88. The van der Waals surface area contributed by atoms with Crippen LogP contribution in [0.25, 0.3) is 0 Å². The molecule has 0 aliphatic heterocycles. The SMILES string of the molecule is CC(C)CC(C)Nc1ccc(C(N)=S)c(Br)c1F. The van der Waals surface area contributed by atoms with Gasteiger partial charge in [0.2, 0.25) is 0 Å². The van der Waals surface area contributed by atoms with Crippen molar-refractivity contribution in [2.45, 2.75) is 33.2 Å². The second-order valence-electron chi connectivity index (χ2n) is 4.83. The van der Waals surface area contributed by atoms with Gasteiger partial charge >= 0.3 is 0 Å². The lowest BCUT2D eigenvalue weighted by atomic mass is 10.0. The van der Waals surface area contributed by atoms with E-state index in [9.17, 15) is 4.39 Å². The van der Waals surface area contributed by atoms with E-state index in [0.717, 1.165) is 6.42 Å². The standard InChI is InChI=1S/C13H18BrFN2S/c1-7(2)6-8(3)17-10-5-4-9(13(16)18)11(14)12(10)15/h4-5,7-8,17H,6H2,1-3H3,(H2,16,18). The molecule has 0 bridgehead atoms. The van der Waals surface area contributed by atoms with E-state index in [1.54, 1.807) is 12.1 Å². The van der Waals surface area contributed by atoms with Crippen molar-refractivity contribution < 1.29 is 4.39 Å². The van der Waals surface area contributed by atoms with Crippen LogP contribution in [0.2, 0.25) is 0 Å². The van der Waals surface area contributed by atoms with Crippen molar-refractivity contribution >= 4 is 38.8 Å². The number of anilines is 1. The fourth-order valence-corrected chi connectivity index (χ4v) is 2.74. The predicted molar refractivity (Wildman–Crippen MR) is 82.5 cm³/mol. The average molecular weight is 333 g/mol. The molecule has 1 atom stereocenters. The molecule has 2 nitrogen and oxygen atoms in total. The van der Waals surface area contributed by atoms with Gasteiger partial charge in [-0.15, -0.1) is 0 Å². The molecule has 1 rings (SSSR count). The number of hydrogen-bond donors (Lipinski definition) is 2. The van der Waals surface area contributed by atoms with Crippen LogP contribution in [0.4, 0.5) is 10.1 Å². The van der Waals surface area contributed by atoms with E-state index < -0.39 is 0 Å². The molecule has 0 aromatic heterocycles. The molecule has 0 aliphatic carbocycles. The van der Waals surface area contributed by atoms with Crippen molar-refractivity contribution in [2.75, 3.05) is 5.32 Å². The molecule has 0 amide bonds. The number of benzene rings is 1. The summed E-state index contributed by atoms with van der Waals surface area (Å²) in [6.45, 7) is 6.32. The molecule has 0 aliphatic rings. The molecule has 3 N–H and O–H groups in total. The summed E-state index contributed by atoms with van der Waals surface area (Å²) in [7, 11) is 0. The largest absolute Gasteiger partial charge is 0.389 e. The van der Waals surface area contributed by atoms with Crippen molar-refractivity contribution in [1.82, 2.24) is 0 Å². The Morgan fingerprint density at radius 1 is 1.44 bits per heavy atom. The zero-order valence-electron chi connectivity index (χ0n) is 10.8. The highest BCUT2D eigenvalue weighted by atomic mass is 79.9. The van der Waals surface area contributed by atoms with Gasteiger partial charge in [0.05, 0.1) is 10.2 Å². The Morgan fingerprint density at radius 3 is 2.56 bits per heavy atom. The molecule has 0 spiro atoms. The van der Waals surface area contributed by atoms with Gasteiger partial charge in [-0.05, 0) is 47.3 Å². The molecular formula is C13H18BrFN2S. The van der Waals surface area contributed by atoms with Crippen LogP contribution >= 0.6 is 28.1 Å². The monoisotopic (exact) mass is 332 g/mol. The second kappa shape index (κ2) is 6.48. The Morgan fingerprint density at radius 2 is 2.06 bits per heavy atom. The minimum Gasteiger partial charge on any atom is -0.389 e. The number of nitrogens with two attached hydrogens (primary N) is 1. The highest BCUT2D eigenvalue weighted by Gasteiger charge is 2.14. The first-order chi connectivity index (χ1) is 8.32. The summed E-state index contributed by atoms with van der Waals surface area (Å²) in [5.74, 6) is 0.214. The fraction of sp³-hybridized carbons (Fsp3) is 0.462. The maximum absolute atomic E-state index is 14.1. The minimum absolute atomic E-state index is 0.183. The first kappa shape index (κ1) is 15.4. The van der Waals surface area contributed by atoms with Gasteiger partial charge < -0.3 is 11.1 Å². The summed E-state index contributed by atoms with van der Waals surface area (Å²) in [5, 5.41) is 3.16. The Labute approximate surface area is 121 Å². The lowest BCUT2D eigenvalue weighted by molar-refractivity contribution is 0.535. The minimum atomic E-state index is -0.351. The molecule has 18 heavy (non-hydrogen) atoms. The van der Waals surface area contributed by atoms with Crippen LogP contribution in [-0.4, -0.2) is 11.0 Å². The quantitative estimate of drug-likeness (QED) is 0.798. The smallest absolute Gasteiger partial charge is 0.161 e. The number of thiocarbonyl (C=S) groups is 1. The van der Waals surface area contributed by atoms with Gasteiger partial charge in [-0.2, -0.15) is 0 Å². The van der Waals surface area contributed by atoms with E-state index >= 15 is 0 Å². The molecule has 1 unspecified atom stereocenters. The van der Waals surface area contributed by atoms with Gasteiger partial charge in [-0.1, -0.05) is 26.1 Å². The lowest BCUT2D eigenvalue weighted by Gasteiger charge is -2.18. The summed E-state index contributed by atoms with van der Waals surface area (Å²) >= 11 is 8.05. The van der Waals surface area contributed by atoms with Crippen molar-refractivity contribution in [3.8, 4) is 0 Å². The summed E-state index contributed by atoms with van der Waals surface area (Å²) < 4.78 is 14.4. The van der Waals surface area contributed by atoms with E-state index in [0.29, 0.717) is 21.6 Å². The van der Waals surface area contributed by atoms with Crippen LogP contribution < -0.4 is 11.1 Å². The van der Waals surface area contributed by atoms with E-state index in [4.69, 9.17) is 18.0 Å². The molecular weight excluding hydrogens is 315 g/mol. The van der Waals surface area contributed by atoms with Gasteiger partial charge in [0.1, 0.15) is 4.99 Å². The van der Waals surface area contributed by atoms with Crippen LogP contribution in [0, 0.1) is 11.7 Å². The van der Waals surface area contributed by atoms with E-state index in [1.807, 2.05) is 6.92 Å². The van der Waals surface area contributed by atoms with Crippen molar-refractivity contribution in [3.05, 3.63) is 28.0 Å². The molecule has 0 heterocycles. The van der Waals surface area contributed by atoms with Crippen LogP contribution in [0.5, 0.6) is 0 Å². The molecule has 0 fully saturated rings. The third kappa shape index (κ3) is 3.92. The van der Waals surface area contributed by atoms with Crippen LogP contribution in [-0.2, 0) is 0 Å². The topological polar surface area (TPSA) is 38.0 Å². The van der Waals surface area contributed by atoms with Crippen molar-refractivity contribution in [3.63, 3.8) is 0 Å². The average Bonchev–Trinajstić information content (AvgIpc) is 2.23. The van der Waals surface area contributed by atoms with Crippen LogP contribution in [0.1, 0.15) is 32.8 Å². The highest BCUT2D eigenvalue weighted by Crippen LogP contribution is 2.28. The summed E-state index contributed by atoms with van der Waals surface area (Å²) in [6, 6.07) is 3.60. The summed E-state index contributed by atoms with van der Waals surface area (Å²) in [5.41, 5.74) is 6.50. The summed E-state index contributed by atoms with van der Waals surface area (Å²) in [4.78, 5) is 0.183. The van der Waals surface area contributed by atoms with Gasteiger partial charge in [0.25, 0.3) is 0 Å². The van der Waals surface area contributed by atoms with Gasteiger partial charge in [-0.25, -0.2) is 4.39 Å². The van der Waals surface area contributed by atoms with E-state index in [2.05, 4.69) is 35.1 Å². The molecule has 0 saturated heterocycles. The molecule has 100 valence electrons. The Kier molecular flexibility index (Phi) is 5.53. The molecule has 1 aromatic carbocycles. The first-order valence-corrected chi connectivity index (χ1v) is 7.07. The maximum Gasteiger partial charge on any atom is 0.161 e. The zero-order valence-corrected chi connectivity index (χ0v) is 13.2. The Balaban J connectivity index is 2.92. The van der Waals surface area contributed by atoms with Gasteiger partial charge in [0, 0.05) is 11.6 Å². The number of hydrogen-bond acceptors (Lipinski definition) is 2. The van der Waals surface area contributed by atoms with Gasteiger partial charge in [-0.3, -0.25) is 0 Å². The van der Waals surface area contributed by atoms with Crippen molar-refractivity contribution in [2.24, 2.45) is 11.7 Å². The molecule has 0 saturated carbocycles. The van der Waals surface area contributed by atoms with Crippen molar-refractivity contribution in [1.29, 1.82) is 0 Å². The van der Waals surface area contributed by atoms with Crippen LogP contribution in [0.15, 0.2) is 16.6 Å². The Hall–Kier alpha value is -0.680. The second-order valence-corrected chi connectivity index (χ2v) is 6.06. The highest BCUT2D eigenvalue weighted by molar-refractivity contribution is 9.10. The van der Waals surface area contributed by atoms with Crippen LogP contribution in [0.3, 0.4) is 0 Å². The third-order valence-corrected chi connectivity index (χ3v) is 3.57. The zero-order chi connectivity index (χ0) is 13.9. The maximum atomic E-state index is 14.1. The molecule has 1 aromatic rings.